The number of allylic oxidation sites excluding steroid dienone is 1. The van der Waals surface area contributed by atoms with Gasteiger partial charge in [0, 0.05) is 11.4 Å². The lowest BCUT2D eigenvalue weighted by atomic mass is 9.93. The number of rotatable bonds is 15. The number of benzene rings is 4. The monoisotopic (exact) mass is 1090 g/mol. The number of Topliss-reactive ketones (excluding diaryl/α,β-unsaturated/α-hetero) is 1. The maximum absolute atomic E-state index is 14.1. The van der Waals surface area contributed by atoms with E-state index in [2.05, 4.69) is 61.7 Å². The number of aromatic nitrogens is 6. The number of hydrogen-bond donors (Lipinski definition) is 10. The molecule has 0 spiro atoms. The summed E-state index contributed by atoms with van der Waals surface area (Å²) in [6, 6.07) is 13.8. The van der Waals surface area contributed by atoms with Gasteiger partial charge in [-0.2, -0.15) is 77.1 Å². The van der Waals surface area contributed by atoms with Gasteiger partial charge in [0.05, 0.1) is 32.4 Å². The van der Waals surface area contributed by atoms with Gasteiger partial charge in [0.2, 0.25) is 40.1 Å². The van der Waals surface area contributed by atoms with Gasteiger partial charge in [-0.05, 0) is 95.5 Å². The fourth-order valence-electron chi connectivity index (χ4n) is 5.98. The zero-order valence-corrected chi connectivity index (χ0v) is 38.8. The first kappa shape index (κ1) is 50.0. The number of nitrogens with one attached hydrogen (secondary N) is 5. The van der Waals surface area contributed by atoms with Crippen LogP contribution < -0.4 is 26.7 Å². The van der Waals surface area contributed by atoms with Crippen LogP contribution in [0.4, 0.5) is 52.2 Å². The molecular formula is C34H24Cl2N12O16S5. The van der Waals surface area contributed by atoms with Crippen molar-refractivity contribution < 1.29 is 69.6 Å². The van der Waals surface area contributed by atoms with Crippen LogP contribution in [0.25, 0.3) is 6.08 Å². The van der Waals surface area contributed by atoms with Crippen LogP contribution in [-0.4, -0.2) is 106 Å². The lowest BCUT2D eigenvalue weighted by molar-refractivity contribution is 0.106. The first-order valence-corrected chi connectivity index (χ1v) is 25.9. The first-order chi connectivity index (χ1) is 32.0. The molecular weight excluding hydrogens is 1060 g/mol. The van der Waals surface area contributed by atoms with Gasteiger partial charge in [0.25, 0.3) is 50.6 Å². The summed E-state index contributed by atoms with van der Waals surface area (Å²) in [7, 11) is -25.1. The summed E-state index contributed by atoms with van der Waals surface area (Å²) in [4.78, 5) is 33.7. The molecule has 10 N–H and O–H groups in total. The Balaban J connectivity index is 1.25. The minimum atomic E-state index is -5.41. The molecule has 0 unspecified atom stereocenters. The van der Waals surface area contributed by atoms with Crippen LogP contribution in [0, 0.1) is 0 Å². The third-order valence-electron chi connectivity index (χ3n) is 8.74. The molecule has 1 aliphatic carbocycles. The van der Waals surface area contributed by atoms with E-state index in [0.717, 1.165) is 42.5 Å². The van der Waals surface area contributed by atoms with Crippen molar-refractivity contribution in [2.24, 2.45) is 5.10 Å². The Morgan fingerprint density at radius 2 is 1.00 bits per heavy atom. The number of fused-ring (bicyclic) bond motifs is 1. The van der Waals surface area contributed by atoms with Crippen LogP contribution in [0.2, 0.25) is 10.6 Å². The standard InChI is InChI=1S/C34H24Cl2N12O16S5/c35-29-41-31(37-16-4-3-5-18(12-16)65(50,51)52)45-32(42-29)38-17-8-9-24(68(59,60)61)21(13-17)39-33-43-30(36)44-34(46-33)40-22-14-19(66(53,54)55)10-15-11-25(69(62,63)64)27(28(49)26(15)22)48-47-20-6-1-2-7-23(20)67(56,57)58/h1-14,47H,(H,50,51,52)(H,53,54,55)(H,56,57,58)(H,59,60,61)(H,62,63,64)(H2,37,38,41,42,45)(H2,39,40,43,44,46)/b48-27-. The van der Waals surface area contributed by atoms with Crippen LogP contribution in [0.5, 0.6) is 0 Å². The van der Waals surface area contributed by atoms with Crippen molar-refractivity contribution >= 4 is 144 Å². The highest BCUT2D eigenvalue weighted by Gasteiger charge is 2.36. The van der Waals surface area contributed by atoms with E-state index >= 15 is 0 Å². The number of hydrazone groups is 1. The minimum absolute atomic E-state index is 0.0112. The summed E-state index contributed by atoms with van der Waals surface area (Å²) in [5, 5.41) is 13.0. The Morgan fingerprint density at radius 3 is 1.55 bits per heavy atom. The number of ketones is 1. The summed E-state index contributed by atoms with van der Waals surface area (Å²) in [6.45, 7) is 0. The molecule has 0 bridgehead atoms. The van der Waals surface area contributed by atoms with Gasteiger partial charge in [0.15, 0.2) is 5.71 Å². The molecule has 1 aliphatic rings. The van der Waals surface area contributed by atoms with Crippen molar-refractivity contribution in [3.8, 4) is 0 Å². The van der Waals surface area contributed by atoms with Gasteiger partial charge >= 0.3 is 0 Å². The van der Waals surface area contributed by atoms with Crippen molar-refractivity contribution in [3.05, 3.63) is 105 Å². The Labute approximate surface area is 397 Å². The molecule has 360 valence electrons. The average Bonchev–Trinajstić information content (AvgIpc) is 3.21. The van der Waals surface area contributed by atoms with Crippen molar-refractivity contribution in [2.45, 2.75) is 19.6 Å². The van der Waals surface area contributed by atoms with E-state index in [0.29, 0.717) is 18.2 Å². The maximum Gasteiger partial charge on any atom is 0.296 e. The van der Waals surface area contributed by atoms with Gasteiger partial charge < -0.3 is 21.3 Å². The molecule has 6 aromatic rings. The van der Waals surface area contributed by atoms with Gasteiger partial charge in [-0.1, -0.05) is 18.2 Å². The number of halogens is 2. The van der Waals surface area contributed by atoms with E-state index in [1.165, 1.54) is 24.3 Å². The highest BCUT2D eigenvalue weighted by Crippen LogP contribution is 2.36. The SMILES string of the molecule is O=C1/C(=N\Nc2ccccc2S(=O)(=O)O)C(S(=O)(=O)O)=Cc2cc(S(=O)(=O)O)cc(Nc3nc(Cl)nc(Nc4cc(Nc5nc(Cl)nc(Nc6cccc(S(=O)(=O)O)c6)n5)ccc4S(=O)(=O)O)n3)c21. The lowest BCUT2D eigenvalue weighted by Crippen LogP contribution is -2.28. The van der Waals surface area contributed by atoms with Gasteiger partial charge in [-0.15, -0.1) is 0 Å². The number of para-hydroxylation sites is 1. The summed E-state index contributed by atoms with van der Waals surface area (Å²) in [5.74, 6) is -3.17. The average molecular weight is 1090 g/mol. The van der Waals surface area contributed by atoms with E-state index in [1.54, 1.807) is 0 Å². The molecule has 28 nitrogen and oxygen atoms in total. The van der Waals surface area contributed by atoms with E-state index in [1.807, 2.05) is 0 Å². The molecule has 0 aliphatic heterocycles. The summed E-state index contributed by atoms with van der Waals surface area (Å²) in [6.07, 6.45) is 0.583. The second kappa shape index (κ2) is 18.5. The van der Waals surface area contributed by atoms with Crippen LogP contribution in [0.3, 0.4) is 0 Å². The molecule has 4 aromatic carbocycles. The largest absolute Gasteiger partial charge is 0.324 e. The number of nitrogens with zero attached hydrogens (tertiary/aromatic N) is 7. The van der Waals surface area contributed by atoms with E-state index in [9.17, 15) is 69.6 Å². The van der Waals surface area contributed by atoms with E-state index < -0.39 is 137 Å². The van der Waals surface area contributed by atoms with Crippen LogP contribution in [0.15, 0.2) is 108 Å². The highest BCUT2D eigenvalue weighted by molar-refractivity contribution is 7.91. The Hall–Kier alpha value is -6.89. The van der Waals surface area contributed by atoms with Crippen LogP contribution in [-0.2, 0) is 50.6 Å². The number of carbonyl (C=O) groups is 1. The Bertz CT molecular complexity index is 3810. The molecule has 0 radical (unpaired) electrons. The number of carbonyl (C=O) groups excluding carboxylic acids is 1. The maximum atomic E-state index is 14.1. The number of hydrogen-bond acceptors (Lipinski definition) is 23. The normalized spacial score (nSPS) is 13.9. The topological polar surface area (TPSA) is 439 Å². The zero-order chi connectivity index (χ0) is 50.4. The molecule has 35 heteroatoms. The molecule has 0 saturated carbocycles. The molecule has 7 rings (SSSR count). The zero-order valence-electron chi connectivity index (χ0n) is 33.2. The second-order valence-electron chi connectivity index (χ2n) is 13.5. The number of anilines is 9. The fourth-order valence-corrected chi connectivity index (χ4v) is 9.30. The lowest BCUT2D eigenvalue weighted by Gasteiger charge is -2.20. The Kier molecular flexibility index (Phi) is 13.4. The predicted octanol–water partition coefficient (Wildman–Crippen LogP) is 4.22. The van der Waals surface area contributed by atoms with Crippen LogP contribution >= 0.6 is 23.2 Å². The van der Waals surface area contributed by atoms with E-state index in [-0.39, 0.29) is 23.3 Å². The van der Waals surface area contributed by atoms with Crippen molar-refractivity contribution in [1.29, 1.82) is 0 Å². The van der Waals surface area contributed by atoms with Crippen LogP contribution in [0.1, 0.15) is 15.9 Å². The quantitative estimate of drug-likeness (QED) is 0.0508. The Morgan fingerprint density at radius 1 is 0.478 bits per heavy atom. The van der Waals surface area contributed by atoms with E-state index in [4.69, 9.17) is 23.2 Å². The summed E-state index contributed by atoms with van der Waals surface area (Å²) < 4.78 is 171. The summed E-state index contributed by atoms with van der Waals surface area (Å²) in [5.41, 5.74) is -1.64. The second-order valence-corrected chi connectivity index (χ2v) is 21.1. The van der Waals surface area contributed by atoms with Gasteiger partial charge in [0.1, 0.15) is 14.7 Å². The summed E-state index contributed by atoms with van der Waals surface area (Å²) >= 11 is 12.3. The van der Waals surface area contributed by atoms with Gasteiger partial charge in [-0.3, -0.25) is 33.0 Å². The fraction of sp³-hybridized carbons (Fsp3) is 0. The highest BCUT2D eigenvalue weighted by atomic mass is 35.5. The molecule has 69 heavy (non-hydrogen) atoms. The molecule has 2 heterocycles. The van der Waals surface area contributed by atoms with Gasteiger partial charge in [-0.25, -0.2) is 0 Å². The molecule has 0 atom stereocenters. The molecule has 0 fully saturated rings. The van der Waals surface area contributed by atoms with Crippen molar-refractivity contribution in [2.75, 3.05) is 26.7 Å². The predicted molar refractivity (Wildman–Crippen MR) is 243 cm³/mol. The van der Waals surface area contributed by atoms with Crippen molar-refractivity contribution in [1.82, 2.24) is 29.9 Å². The minimum Gasteiger partial charge on any atom is -0.324 e. The van der Waals surface area contributed by atoms with Crippen molar-refractivity contribution in [3.63, 3.8) is 0 Å². The third-order valence-corrected chi connectivity index (χ3v) is 13.5. The smallest absolute Gasteiger partial charge is 0.296 e. The molecule has 0 saturated heterocycles. The third kappa shape index (κ3) is 11.9. The molecule has 2 aromatic heterocycles. The molecule has 0 amide bonds. The first-order valence-electron chi connectivity index (χ1n) is 17.9.